The standard InChI is InChI=1S/C16H17NO3/c1-10-4-5-13(6-11(10)2)8-17-9-14(16(19)20)15(18)7-12(17)3/h4-7,9H,8H2,1-3H3,(H,19,20). The molecule has 0 amide bonds. The number of hydrogen-bond donors (Lipinski definition) is 1. The zero-order valence-corrected chi connectivity index (χ0v) is 11.8. The smallest absolute Gasteiger partial charge is 0.341 e. The van der Waals surface area contributed by atoms with E-state index in [1.807, 2.05) is 26.0 Å². The molecule has 0 aliphatic rings. The Morgan fingerprint density at radius 3 is 2.45 bits per heavy atom. The van der Waals surface area contributed by atoms with E-state index >= 15 is 0 Å². The summed E-state index contributed by atoms with van der Waals surface area (Å²) in [5.41, 5.74) is 3.59. The highest BCUT2D eigenvalue weighted by Gasteiger charge is 2.11. The summed E-state index contributed by atoms with van der Waals surface area (Å²) in [4.78, 5) is 22.6. The summed E-state index contributed by atoms with van der Waals surface area (Å²) in [6.45, 7) is 6.44. The van der Waals surface area contributed by atoms with Gasteiger partial charge >= 0.3 is 5.97 Å². The number of pyridine rings is 1. The molecule has 0 spiro atoms. The molecule has 0 atom stereocenters. The Labute approximate surface area is 117 Å². The monoisotopic (exact) mass is 271 g/mol. The zero-order chi connectivity index (χ0) is 14.9. The number of hydrogen-bond acceptors (Lipinski definition) is 2. The van der Waals surface area contributed by atoms with E-state index in [-0.39, 0.29) is 5.56 Å². The van der Waals surface area contributed by atoms with Crippen molar-refractivity contribution < 1.29 is 9.90 Å². The van der Waals surface area contributed by atoms with Crippen molar-refractivity contribution in [3.8, 4) is 0 Å². The molecule has 0 bridgehead atoms. The summed E-state index contributed by atoms with van der Waals surface area (Å²) in [6.07, 6.45) is 1.41. The van der Waals surface area contributed by atoms with E-state index in [4.69, 9.17) is 5.11 Å². The summed E-state index contributed by atoms with van der Waals surface area (Å²) >= 11 is 0. The molecule has 0 aliphatic carbocycles. The van der Waals surface area contributed by atoms with E-state index in [1.165, 1.54) is 23.4 Å². The highest BCUT2D eigenvalue weighted by Crippen LogP contribution is 2.12. The van der Waals surface area contributed by atoms with Gasteiger partial charge in [0.2, 0.25) is 0 Å². The molecule has 1 heterocycles. The van der Waals surface area contributed by atoms with Gasteiger partial charge in [0.15, 0.2) is 5.43 Å². The number of nitrogens with zero attached hydrogens (tertiary/aromatic N) is 1. The highest BCUT2D eigenvalue weighted by atomic mass is 16.4. The van der Waals surface area contributed by atoms with Crippen LogP contribution in [0.15, 0.2) is 35.3 Å². The van der Waals surface area contributed by atoms with Crippen LogP contribution < -0.4 is 5.43 Å². The Morgan fingerprint density at radius 2 is 1.85 bits per heavy atom. The third-order valence-corrected chi connectivity index (χ3v) is 3.50. The summed E-state index contributed by atoms with van der Waals surface area (Å²) in [5, 5.41) is 9.01. The SMILES string of the molecule is Cc1ccc(Cn2cc(C(=O)O)c(=O)cc2C)cc1C. The molecule has 2 rings (SSSR count). The molecule has 0 aliphatic heterocycles. The maximum absolute atomic E-state index is 11.6. The molecule has 0 saturated carbocycles. The topological polar surface area (TPSA) is 59.3 Å². The minimum atomic E-state index is -1.19. The summed E-state index contributed by atoms with van der Waals surface area (Å²) in [6, 6.07) is 7.50. The van der Waals surface area contributed by atoms with Gasteiger partial charge < -0.3 is 9.67 Å². The van der Waals surface area contributed by atoms with Gasteiger partial charge in [0.05, 0.1) is 0 Å². The van der Waals surface area contributed by atoms with Crippen LogP contribution >= 0.6 is 0 Å². The Morgan fingerprint density at radius 1 is 1.15 bits per heavy atom. The predicted octanol–water partition coefficient (Wildman–Crippen LogP) is 2.52. The lowest BCUT2D eigenvalue weighted by atomic mass is 10.1. The van der Waals surface area contributed by atoms with Gasteiger partial charge in [-0.25, -0.2) is 4.79 Å². The maximum Gasteiger partial charge on any atom is 0.341 e. The van der Waals surface area contributed by atoms with Gasteiger partial charge in [-0.15, -0.1) is 0 Å². The van der Waals surface area contributed by atoms with Gasteiger partial charge in [-0.2, -0.15) is 0 Å². The third kappa shape index (κ3) is 2.79. The minimum absolute atomic E-state index is 0.195. The van der Waals surface area contributed by atoms with Crippen LogP contribution in [0.3, 0.4) is 0 Å². The fourth-order valence-corrected chi connectivity index (χ4v) is 2.10. The first-order valence-electron chi connectivity index (χ1n) is 6.39. The lowest BCUT2D eigenvalue weighted by Gasteiger charge is -2.12. The van der Waals surface area contributed by atoms with Crippen molar-refractivity contribution in [3.05, 3.63) is 68.6 Å². The van der Waals surface area contributed by atoms with Crippen molar-refractivity contribution in [1.29, 1.82) is 0 Å². The van der Waals surface area contributed by atoms with Crippen molar-refractivity contribution in [1.82, 2.24) is 4.57 Å². The van der Waals surface area contributed by atoms with Crippen molar-refractivity contribution >= 4 is 5.97 Å². The number of carboxylic acid groups (broad SMARTS) is 1. The number of benzene rings is 1. The predicted molar refractivity (Wildman–Crippen MR) is 77.4 cm³/mol. The molecule has 1 aromatic heterocycles. The van der Waals surface area contributed by atoms with Gasteiger partial charge in [0.1, 0.15) is 5.56 Å². The van der Waals surface area contributed by atoms with E-state index in [1.54, 1.807) is 11.5 Å². The second kappa shape index (κ2) is 5.33. The molecule has 20 heavy (non-hydrogen) atoms. The van der Waals surface area contributed by atoms with E-state index in [0.717, 1.165) is 11.3 Å². The molecular formula is C16H17NO3. The second-order valence-electron chi connectivity index (χ2n) is 5.04. The Hall–Kier alpha value is -2.36. The third-order valence-electron chi connectivity index (χ3n) is 3.50. The van der Waals surface area contributed by atoms with Crippen LogP contribution in [0.2, 0.25) is 0 Å². The van der Waals surface area contributed by atoms with Gasteiger partial charge in [0, 0.05) is 24.5 Å². The zero-order valence-electron chi connectivity index (χ0n) is 11.8. The van der Waals surface area contributed by atoms with E-state index in [0.29, 0.717) is 6.54 Å². The number of rotatable bonds is 3. The van der Waals surface area contributed by atoms with Crippen LogP contribution in [-0.2, 0) is 6.54 Å². The van der Waals surface area contributed by atoms with Crippen molar-refractivity contribution in [3.63, 3.8) is 0 Å². The summed E-state index contributed by atoms with van der Waals surface area (Å²) in [7, 11) is 0. The fourth-order valence-electron chi connectivity index (χ4n) is 2.10. The Kier molecular flexibility index (Phi) is 3.74. The lowest BCUT2D eigenvalue weighted by molar-refractivity contribution is 0.0694. The van der Waals surface area contributed by atoms with Crippen LogP contribution in [0.4, 0.5) is 0 Å². The average molecular weight is 271 g/mol. The van der Waals surface area contributed by atoms with Crippen molar-refractivity contribution in [2.24, 2.45) is 0 Å². The van der Waals surface area contributed by atoms with Crippen LogP contribution in [-0.4, -0.2) is 15.6 Å². The molecule has 0 unspecified atom stereocenters. The quantitative estimate of drug-likeness (QED) is 0.933. The molecule has 1 aromatic carbocycles. The van der Waals surface area contributed by atoms with Gasteiger partial charge in [-0.3, -0.25) is 4.79 Å². The van der Waals surface area contributed by atoms with Crippen molar-refractivity contribution in [2.45, 2.75) is 27.3 Å². The molecule has 4 heteroatoms. The normalized spacial score (nSPS) is 10.6. The average Bonchev–Trinajstić information content (AvgIpc) is 2.36. The van der Waals surface area contributed by atoms with Gasteiger partial charge in [0.25, 0.3) is 0 Å². The maximum atomic E-state index is 11.6. The van der Waals surface area contributed by atoms with E-state index in [9.17, 15) is 9.59 Å². The fraction of sp³-hybridized carbons (Fsp3) is 0.250. The van der Waals surface area contributed by atoms with Crippen LogP contribution in [0.1, 0.15) is 32.7 Å². The first-order chi connectivity index (χ1) is 9.38. The van der Waals surface area contributed by atoms with Crippen molar-refractivity contribution in [2.75, 3.05) is 0 Å². The largest absolute Gasteiger partial charge is 0.477 e. The molecular weight excluding hydrogens is 254 g/mol. The number of aryl methyl sites for hydroxylation is 3. The number of carboxylic acids is 1. The second-order valence-corrected chi connectivity index (χ2v) is 5.04. The Balaban J connectivity index is 2.42. The molecule has 2 aromatic rings. The van der Waals surface area contributed by atoms with E-state index < -0.39 is 11.4 Å². The number of aromatic carboxylic acids is 1. The lowest BCUT2D eigenvalue weighted by Crippen LogP contribution is -2.19. The molecule has 104 valence electrons. The first kappa shape index (κ1) is 14.1. The molecule has 0 fully saturated rings. The Bertz CT molecular complexity index is 729. The number of aromatic nitrogens is 1. The highest BCUT2D eigenvalue weighted by molar-refractivity contribution is 5.87. The summed E-state index contributed by atoms with van der Waals surface area (Å²) < 4.78 is 1.79. The van der Waals surface area contributed by atoms with Gasteiger partial charge in [-0.05, 0) is 37.5 Å². The molecule has 1 N–H and O–H groups in total. The minimum Gasteiger partial charge on any atom is -0.477 e. The first-order valence-corrected chi connectivity index (χ1v) is 6.39. The summed E-state index contributed by atoms with van der Waals surface area (Å²) in [5.74, 6) is -1.19. The molecule has 4 nitrogen and oxygen atoms in total. The van der Waals surface area contributed by atoms with E-state index in [2.05, 4.69) is 6.07 Å². The molecule has 0 radical (unpaired) electrons. The van der Waals surface area contributed by atoms with Crippen LogP contribution in [0, 0.1) is 20.8 Å². The number of carbonyl (C=O) groups is 1. The molecule has 0 saturated heterocycles. The van der Waals surface area contributed by atoms with Gasteiger partial charge in [-0.1, -0.05) is 18.2 Å². The van der Waals surface area contributed by atoms with Crippen LogP contribution in [0.5, 0.6) is 0 Å². The van der Waals surface area contributed by atoms with Crippen LogP contribution in [0.25, 0.3) is 0 Å².